The van der Waals surface area contributed by atoms with Crippen molar-refractivity contribution in [2.45, 2.75) is 25.8 Å². The number of hydrogen-bond donors (Lipinski definition) is 0. The van der Waals surface area contributed by atoms with E-state index in [4.69, 9.17) is 9.47 Å². The summed E-state index contributed by atoms with van der Waals surface area (Å²) in [7, 11) is 0. The zero-order valence-electron chi connectivity index (χ0n) is 16.4. The van der Waals surface area contributed by atoms with Gasteiger partial charge in [0.2, 0.25) is 12.7 Å². The van der Waals surface area contributed by atoms with Crippen LogP contribution in [0.3, 0.4) is 0 Å². The Balaban J connectivity index is 1.42. The van der Waals surface area contributed by atoms with Gasteiger partial charge in [-0.3, -0.25) is 4.79 Å². The Morgan fingerprint density at radius 1 is 0.793 bits per heavy atom. The molecule has 0 bridgehead atoms. The lowest BCUT2D eigenvalue weighted by atomic mass is 10.1. The molecule has 0 saturated heterocycles. The maximum Gasteiger partial charge on any atom is 0.231 e. The number of rotatable bonds is 8. The third-order valence-electron chi connectivity index (χ3n) is 5.10. The maximum atomic E-state index is 13.1. The van der Waals surface area contributed by atoms with Crippen molar-refractivity contribution < 1.29 is 14.3 Å². The van der Waals surface area contributed by atoms with Gasteiger partial charge in [0, 0.05) is 13.1 Å². The third-order valence-corrected chi connectivity index (χ3v) is 5.10. The van der Waals surface area contributed by atoms with Crippen LogP contribution in [0.25, 0.3) is 0 Å². The van der Waals surface area contributed by atoms with E-state index in [1.54, 1.807) is 0 Å². The minimum Gasteiger partial charge on any atom is -0.454 e. The maximum absolute atomic E-state index is 13.1. The molecule has 1 aliphatic rings. The minimum atomic E-state index is 0.126. The molecule has 1 heterocycles. The van der Waals surface area contributed by atoms with Gasteiger partial charge in [-0.2, -0.15) is 0 Å². The topological polar surface area (TPSA) is 38.8 Å². The standard InChI is InChI=1S/C25H25NO3/c27-25(17-22-13-14-23-24(16-22)29-19-28-23)26(18-21-10-5-2-6-11-21)15-7-12-20-8-3-1-4-9-20/h1-6,8-11,13-14,16H,7,12,15,17-19H2. The van der Waals surface area contributed by atoms with E-state index < -0.39 is 0 Å². The summed E-state index contributed by atoms with van der Waals surface area (Å²) in [6.07, 6.45) is 2.25. The number of hydrogen-bond acceptors (Lipinski definition) is 3. The van der Waals surface area contributed by atoms with Crippen LogP contribution in [0.4, 0.5) is 0 Å². The summed E-state index contributed by atoms with van der Waals surface area (Å²) in [5.74, 6) is 1.58. The molecule has 3 aromatic carbocycles. The SMILES string of the molecule is O=C(Cc1ccc2c(c1)OCO2)N(CCCc1ccccc1)Cc1ccccc1. The molecule has 148 valence electrons. The van der Waals surface area contributed by atoms with E-state index in [0.29, 0.717) is 18.7 Å². The zero-order chi connectivity index (χ0) is 19.9. The Bertz CT molecular complexity index is 941. The van der Waals surface area contributed by atoms with Crippen molar-refractivity contribution in [1.82, 2.24) is 4.90 Å². The Hall–Kier alpha value is -3.27. The van der Waals surface area contributed by atoms with Gasteiger partial charge in [-0.15, -0.1) is 0 Å². The van der Waals surface area contributed by atoms with Crippen molar-refractivity contribution in [1.29, 1.82) is 0 Å². The number of amides is 1. The molecule has 3 aromatic rings. The number of carbonyl (C=O) groups is 1. The first kappa shape index (κ1) is 19.1. The molecular formula is C25H25NO3. The number of benzene rings is 3. The number of carbonyl (C=O) groups excluding carboxylic acids is 1. The highest BCUT2D eigenvalue weighted by Crippen LogP contribution is 2.32. The molecule has 0 N–H and O–H groups in total. The van der Waals surface area contributed by atoms with Gasteiger partial charge in [-0.25, -0.2) is 0 Å². The molecule has 4 heteroatoms. The lowest BCUT2D eigenvalue weighted by molar-refractivity contribution is -0.131. The van der Waals surface area contributed by atoms with Crippen molar-refractivity contribution in [3.63, 3.8) is 0 Å². The highest BCUT2D eigenvalue weighted by molar-refractivity contribution is 5.79. The van der Waals surface area contributed by atoms with Gasteiger partial charge in [0.15, 0.2) is 11.5 Å². The Labute approximate surface area is 171 Å². The summed E-state index contributed by atoms with van der Waals surface area (Å²) in [5.41, 5.74) is 3.39. The molecule has 0 aromatic heterocycles. The summed E-state index contributed by atoms with van der Waals surface area (Å²) < 4.78 is 10.8. The second-order valence-corrected chi connectivity index (χ2v) is 7.25. The van der Waals surface area contributed by atoms with Crippen LogP contribution in [0.1, 0.15) is 23.1 Å². The molecule has 0 radical (unpaired) electrons. The largest absolute Gasteiger partial charge is 0.454 e. The number of ether oxygens (including phenoxy) is 2. The van der Waals surface area contributed by atoms with Gasteiger partial charge < -0.3 is 14.4 Å². The molecule has 0 fully saturated rings. The van der Waals surface area contributed by atoms with E-state index in [1.807, 2.05) is 47.4 Å². The van der Waals surface area contributed by atoms with Gasteiger partial charge in [0.05, 0.1) is 6.42 Å². The van der Waals surface area contributed by atoms with Gasteiger partial charge in [-0.1, -0.05) is 66.7 Å². The molecule has 0 aliphatic carbocycles. The van der Waals surface area contributed by atoms with Crippen molar-refractivity contribution in [3.05, 3.63) is 95.6 Å². The lowest BCUT2D eigenvalue weighted by Gasteiger charge is -2.23. The van der Waals surface area contributed by atoms with Crippen LogP contribution in [0.5, 0.6) is 11.5 Å². The molecular weight excluding hydrogens is 362 g/mol. The second-order valence-electron chi connectivity index (χ2n) is 7.25. The summed E-state index contributed by atoms with van der Waals surface area (Å²) in [6.45, 7) is 1.60. The van der Waals surface area contributed by atoms with E-state index in [-0.39, 0.29) is 12.7 Å². The number of aryl methyl sites for hydroxylation is 1. The quantitative estimate of drug-likeness (QED) is 0.566. The van der Waals surface area contributed by atoms with Crippen LogP contribution in [-0.2, 0) is 24.2 Å². The van der Waals surface area contributed by atoms with Crippen molar-refractivity contribution in [2.24, 2.45) is 0 Å². The van der Waals surface area contributed by atoms with Crippen LogP contribution in [-0.4, -0.2) is 24.1 Å². The van der Waals surface area contributed by atoms with Gasteiger partial charge >= 0.3 is 0 Å². The molecule has 0 atom stereocenters. The summed E-state index contributed by atoms with van der Waals surface area (Å²) in [4.78, 5) is 15.1. The fourth-order valence-corrected chi connectivity index (χ4v) is 3.55. The van der Waals surface area contributed by atoms with Crippen LogP contribution in [0.2, 0.25) is 0 Å². The first-order valence-electron chi connectivity index (χ1n) is 10.0. The molecule has 4 nitrogen and oxygen atoms in total. The minimum absolute atomic E-state index is 0.126. The smallest absolute Gasteiger partial charge is 0.231 e. The van der Waals surface area contributed by atoms with E-state index in [9.17, 15) is 4.79 Å². The Morgan fingerprint density at radius 3 is 2.24 bits per heavy atom. The molecule has 0 saturated carbocycles. The Kier molecular flexibility index (Phi) is 6.10. The van der Waals surface area contributed by atoms with Crippen LogP contribution in [0, 0.1) is 0 Å². The fourth-order valence-electron chi connectivity index (χ4n) is 3.55. The lowest BCUT2D eigenvalue weighted by Crippen LogP contribution is -2.33. The van der Waals surface area contributed by atoms with Crippen LogP contribution in [0.15, 0.2) is 78.9 Å². The Morgan fingerprint density at radius 2 is 1.48 bits per heavy atom. The molecule has 0 unspecified atom stereocenters. The second kappa shape index (κ2) is 9.28. The van der Waals surface area contributed by atoms with E-state index >= 15 is 0 Å². The molecule has 4 rings (SSSR count). The summed E-state index contributed by atoms with van der Waals surface area (Å²) in [6, 6.07) is 26.3. The van der Waals surface area contributed by atoms with Crippen molar-refractivity contribution in [2.75, 3.05) is 13.3 Å². The molecule has 0 spiro atoms. The summed E-state index contributed by atoms with van der Waals surface area (Å²) >= 11 is 0. The number of fused-ring (bicyclic) bond motifs is 1. The molecule has 1 aliphatic heterocycles. The van der Waals surface area contributed by atoms with E-state index in [1.165, 1.54) is 5.56 Å². The molecule has 29 heavy (non-hydrogen) atoms. The first-order valence-corrected chi connectivity index (χ1v) is 10.0. The predicted octanol–water partition coefficient (Wildman–Crippen LogP) is 4.62. The average Bonchev–Trinajstić information content (AvgIpc) is 3.22. The van der Waals surface area contributed by atoms with Crippen LogP contribution >= 0.6 is 0 Å². The predicted molar refractivity (Wildman–Crippen MR) is 113 cm³/mol. The average molecular weight is 387 g/mol. The normalized spacial score (nSPS) is 12.0. The van der Waals surface area contributed by atoms with Gasteiger partial charge in [0.25, 0.3) is 0 Å². The first-order chi connectivity index (χ1) is 14.3. The van der Waals surface area contributed by atoms with Crippen molar-refractivity contribution >= 4 is 5.91 Å². The number of nitrogens with zero attached hydrogens (tertiary/aromatic N) is 1. The zero-order valence-corrected chi connectivity index (χ0v) is 16.4. The van der Waals surface area contributed by atoms with E-state index in [0.717, 1.165) is 36.3 Å². The highest BCUT2D eigenvalue weighted by atomic mass is 16.7. The molecule has 1 amide bonds. The van der Waals surface area contributed by atoms with Gasteiger partial charge in [-0.05, 0) is 41.7 Å². The fraction of sp³-hybridized carbons (Fsp3) is 0.240. The monoisotopic (exact) mass is 387 g/mol. The summed E-state index contributed by atoms with van der Waals surface area (Å²) in [5, 5.41) is 0. The van der Waals surface area contributed by atoms with Gasteiger partial charge in [0.1, 0.15) is 0 Å². The van der Waals surface area contributed by atoms with E-state index in [2.05, 4.69) is 36.4 Å². The van der Waals surface area contributed by atoms with Crippen LogP contribution < -0.4 is 9.47 Å². The van der Waals surface area contributed by atoms with Crippen molar-refractivity contribution in [3.8, 4) is 11.5 Å². The highest BCUT2D eigenvalue weighted by Gasteiger charge is 2.18. The third kappa shape index (κ3) is 5.17.